The van der Waals surface area contributed by atoms with E-state index in [4.69, 9.17) is 5.11 Å². The Balaban J connectivity index is 2.63. The van der Waals surface area contributed by atoms with E-state index in [9.17, 15) is 4.79 Å². The average molecular weight is 245 g/mol. The van der Waals surface area contributed by atoms with Crippen LogP contribution in [0.15, 0.2) is 0 Å². The second-order valence-corrected chi connectivity index (χ2v) is 5.44. The molecule has 0 radical (unpaired) electrons. The van der Waals surface area contributed by atoms with Crippen molar-refractivity contribution in [3.05, 3.63) is 0 Å². The van der Waals surface area contributed by atoms with Gasteiger partial charge in [-0.1, -0.05) is 13.8 Å². The molecule has 0 aromatic heterocycles. The fourth-order valence-electron chi connectivity index (χ4n) is 2.19. The molecule has 16 heavy (non-hydrogen) atoms. The highest BCUT2D eigenvalue weighted by Crippen LogP contribution is 2.23. The smallest absolute Gasteiger partial charge is 0.235 e. The van der Waals surface area contributed by atoms with E-state index >= 15 is 0 Å². The van der Waals surface area contributed by atoms with Crippen LogP contribution in [0.2, 0.25) is 0 Å². The Kier molecular flexibility index (Phi) is 5.62. The Hall–Kier alpha value is -0.220. The van der Waals surface area contributed by atoms with Gasteiger partial charge in [-0.3, -0.25) is 4.79 Å². The molecule has 94 valence electrons. The lowest BCUT2D eigenvalue weighted by molar-refractivity contribution is -0.135. The number of carbonyl (C=O) groups is 1. The lowest BCUT2D eigenvalue weighted by Crippen LogP contribution is -2.48. The maximum atomic E-state index is 12.2. The number of amides is 1. The number of aliphatic hydroxyl groups is 1. The zero-order valence-electron chi connectivity index (χ0n) is 10.2. The maximum Gasteiger partial charge on any atom is 0.235 e. The summed E-state index contributed by atoms with van der Waals surface area (Å²) in [4.78, 5) is 14.1. The van der Waals surface area contributed by atoms with Gasteiger partial charge in [-0.15, -0.1) is 0 Å². The highest BCUT2D eigenvalue weighted by Gasteiger charge is 2.30. The molecule has 0 aliphatic carbocycles. The van der Waals surface area contributed by atoms with Crippen LogP contribution in [0.3, 0.4) is 0 Å². The van der Waals surface area contributed by atoms with Gasteiger partial charge in [0, 0.05) is 19.2 Å². The molecule has 1 amide bonds. The molecule has 2 unspecified atom stereocenters. The molecule has 1 fully saturated rings. The molecule has 1 aliphatic heterocycles. The van der Waals surface area contributed by atoms with Crippen molar-refractivity contribution in [2.75, 3.05) is 13.2 Å². The predicted molar refractivity (Wildman–Crippen MR) is 68.7 cm³/mol. The topological polar surface area (TPSA) is 40.5 Å². The predicted octanol–water partition coefficient (Wildman–Crippen LogP) is 1.70. The zero-order chi connectivity index (χ0) is 12.1. The van der Waals surface area contributed by atoms with Gasteiger partial charge in [0.1, 0.15) is 0 Å². The number of aliphatic hydroxyl groups excluding tert-OH is 1. The van der Waals surface area contributed by atoms with Gasteiger partial charge < -0.3 is 10.0 Å². The number of rotatable bonds is 4. The van der Waals surface area contributed by atoms with Crippen LogP contribution in [0.5, 0.6) is 0 Å². The Labute approximate surface area is 104 Å². The summed E-state index contributed by atoms with van der Waals surface area (Å²) in [5, 5.41) is 8.80. The molecule has 0 bridgehead atoms. The molecule has 2 atom stereocenters. The molecule has 4 heteroatoms. The molecule has 3 nitrogen and oxygen atoms in total. The molecule has 1 rings (SSSR count). The summed E-state index contributed by atoms with van der Waals surface area (Å²) < 4.78 is 0. The number of hydrogen-bond donors (Lipinski definition) is 2. The summed E-state index contributed by atoms with van der Waals surface area (Å²) in [6.45, 7) is 5.02. The summed E-state index contributed by atoms with van der Waals surface area (Å²) in [7, 11) is 0. The molecule has 0 aromatic rings. The molecule has 0 saturated carbocycles. The molecular weight excluding hydrogens is 222 g/mol. The van der Waals surface area contributed by atoms with Crippen LogP contribution < -0.4 is 0 Å². The van der Waals surface area contributed by atoms with Gasteiger partial charge in [0.05, 0.1) is 5.25 Å². The third-order valence-electron chi connectivity index (χ3n) is 3.26. The first-order chi connectivity index (χ1) is 7.57. The summed E-state index contributed by atoms with van der Waals surface area (Å²) >= 11 is 4.39. The number of thiol groups is 1. The van der Waals surface area contributed by atoms with Crippen molar-refractivity contribution < 1.29 is 9.90 Å². The second kappa shape index (κ2) is 6.50. The SMILES string of the molecule is CC(C)C(S)C(=O)N1CCCCC1CCO. The number of likely N-dealkylation sites (tertiary alicyclic amines) is 1. The minimum atomic E-state index is -0.209. The summed E-state index contributed by atoms with van der Waals surface area (Å²) in [5.41, 5.74) is 0. The zero-order valence-corrected chi connectivity index (χ0v) is 11.1. The number of piperidine rings is 1. The Morgan fingerprint density at radius 2 is 2.19 bits per heavy atom. The number of nitrogens with zero attached hydrogens (tertiary/aromatic N) is 1. The first-order valence-electron chi connectivity index (χ1n) is 6.17. The van der Waals surface area contributed by atoms with Crippen molar-refractivity contribution in [3.8, 4) is 0 Å². The third kappa shape index (κ3) is 3.39. The van der Waals surface area contributed by atoms with Crippen LogP contribution in [-0.4, -0.2) is 40.4 Å². The van der Waals surface area contributed by atoms with E-state index in [0.717, 1.165) is 25.8 Å². The van der Waals surface area contributed by atoms with Gasteiger partial charge in [-0.05, 0) is 31.6 Å². The fraction of sp³-hybridized carbons (Fsp3) is 0.917. The normalized spacial score (nSPS) is 23.6. The van der Waals surface area contributed by atoms with E-state index in [2.05, 4.69) is 12.6 Å². The number of carbonyl (C=O) groups excluding carboxylic acids is 1. The molecule has 1 heterocycles. The minimum absolute atomic E-state index is 0.136. The first-order valence-corrected chi connectivity index (χ1v) is 6.69. The first kappa shape index (κ1) is 13.8. The highest BCUT2D eigenvalue weighted by molar-refractivity contribution is 7.81. The molecule has 1 saturated heterocycles. The lowest BCUT2D eigenvalue weighted by atomic mass is 9.98. The van der Waals surface area contributed by atoms with Crippen molar-refractivity contribution in [2.45, 2.75) is 50.8 Å². The maximum absolute atomic E-state index is 12.2. The van der Waals surface area contributed by atoms with Crippen LogP contribution in [0.25, 0.3) is 0 Å². The molecule has 1 aliphatic rings. The van der Waals surface area contributed by atoms with E-state index < -0.39 is 0 Å². The fourth-order valence-corrected chi connectivity index (χ4v) is 2.34. The summed E-state index contributed by atoms with van der Waals surface area (Å²) in [5.74, 6) is 0.393. The Morgan fingerprint density at radius 3 is 2.75 bits per heavy atom. The second-order valence-electron chi connectivity index (χ2n) is 4.88. The highest BCUT2D eigenvalue weighted by atomic mass is 32.1. The van der Waals surface area contributed by atoms with Crippen LogP contribution >= 0.6 is 12.6 Å². The molecule has 0 spiro atoms. The van der Waals surface area contributed by atoms with Gasteiger partial charge >= 0.3 is 0 Å². The van der Waals surface area contributed by atoms with E-state index in [1.165, 1.54) is 0 Å². The van der Waals surface area contributed by atoms with Gasteiger partial charge in [0.25, 0.3) is 0 Å². The molecule has 1 N–H and O–H groups in total. The van der Waals surface area contributed by atoms with Gasteiger partial charge in [-0.25, -0.2) is 0 Å². The largest absolute Gasteiger partial charge is 0.396 e. The van der Waals surface area contributed by atoms with Crippen molar-refractivity contribution in [1.82, 2.24) is 4.90 Å². The van der Waals surface area contributed by atoms with E-state index in [-0.39, 0.29) is 29.7 Å². The monoisotopic (exact) mass is 245 g/mol. The molecular formula is C12H23NO2S. The average Bonchev–Trinajstić information content (AvgIpc) is 2.28. The van der Waals surface area contributed by atoms with Gasteiger partial charge in [-0.2, -0.15) is 12.6 Å². The van der Waals surface area contributed by atoms with E-state index in [1.54, 1.807) is 0 Å². The van der Waals surface area contributed by atoms with Gasteiger partial charge in [0.15, 0.2) is 0 Å². The Morgan fingerprint density at radius 1 is 1.50 bits per heavy atom. The van der Waals surface area contributed by atoms with E-state index in [0.29, 0.717) is 6.42 Å². The van der Waals surface area contributed by atoms with Crippen molar-refractivity contribution in [1.29, 1.82) is 0 Å². The van der Waals surface area contributed by atoms with Crippen molar-refractivity contribution in [2.24, 2.45) is 5.92 Å². The van der Waals surface area contributed by atoms with E-state index in [1.807, 2.05) is 18.7 Å². The van der Waals surface area contributed by atoms with Crippen molar-refractivity contribution in [3.63, 3.8) is 0 Å². The minimum Gasteiger partial charge on any atom is -0.396 e. The summed E-state index contributed by atoms with van der Waals surface area (Å²) in [6.07, 6.45) is 3.95. The summed E-state index contributed by atoms with van der Waals surface area (Å²) in [6, 6.07) is 0.222. The van der Waals surface area contributed by atoms with Crippen molar-refractivity contribution >= 4 is 18.5 Å². The van der Waals surface area contributed by atoms with Crippen LogP contribution in [0.4, 0.5) is 0 Å². The quantitative estimate of drug-likeness (QED) is 0.740. The third-order valence-corrected chi connectivity index (χ3v) is 4.07. The van der Waals surface area contributed by atoms with Crippen LogP contribution in [0, 0.1) is 5.92 Å². The molecule has 0 aromatic carbocycles. The van der Waals surface area contributed by atoms with Crippen LogP contribution in [0.1, 0.15) is 39.5 Å². The Bertz CT molecular complexity index is 231. The number of hydrogen-bond acceptors (Lipinski definition) is 3. The standard InChI is InChI=1S/C12H23NO2S/c1-9(2)11(16)12(15)13-7-4-3-5-10(13)6-8-14/h9-11,14,16H,3-8H2,1-2H3. The lowest BCUT2D eigenvalue weighted by Gasteiger charge is -2.37. The van der Waals surface area contributed by atoms with Crippen LogP contribution in [-0.2, 0) is 4.79 Å². The van der Waals surface area contributed by atoms with Gasteiger partial charge in [0.2, 0.25) is 5.91 Å².